The topological polar surface area (TPSA) is 150 Å². The number of esters is 1. The fraction of sp³-hybridized carbons (Fsp3) is 0.559. The summed E-state index contributed by atoms with van der Waals surface area (Å²) in [6, 6.07) is 7.74. The van der Waals surface area contributed by atoms with E-state index in [2.05, 4.69) is 16.1 Å². The number of rotatable bonds is 1. The van der Waals surface area contributed by atoms with Crippen molar-refractivity contribution in [3.05, 3.63) is 47.7 Å². The average Bonchev–Trinajstić information content (AvgIpc) is 3.01. The van der Waals surface area contributed by atoms with Gasteiger partial charge in [0.1, 0.15) is 12.1 Å². The molecule has 45 heavy (non-hydrogen) atoms. The number of amides is 3. The molecular weight excluding hydrogens is 574 g/mol. The Balaban J connectivity index is 1.54. The zero-order chi connectivity index (χ0) is 32.5. The molecule has 0 unspecified atom stereocenters. The van der Waals surface area contributed by atoms with Crippen molar-refractivity contribution in [1.82, 2.24) is 26.1 Å². The van der Waals surface area contributed by atoms with Gasteiger partial charge in [0.05, 0.1) is 28.3 Å². The minimum absolute atomic E-state index is 0.246. The Hall–Kier alpha value is -3.83. The molecule has 242 valence electrons. The third-order valence-corrected chi connectivity index (χ3v) is 9.36. The maximum absolute atomic E-state index is 14.0. The molecule has 0 radical (unpaired) electrons. The Bertz CT molecular complexity index is 1490. The number of pyridine rings is 1. The highest BCUT2D eigenvalue weighted by Crippen LogP contribution is 2.44. The summed E-state index contributed by atoms with van der Waals surface area (Å²) >= 11 is 0. The summed E-state index contributed by atoms with van der Waals surface area (Å²) in [5.41, 5.74) is 3.34. The van der Waals surface area contributed by atoms with E-state index in [0.717, 1.165) is 16.5 Å². The van der Waals surface area contributed by atoms with Gasteiger partial charge in [-0.05, 0) is 82.9 Å². The summed E-state index contributed by atoms with van der Waals surface area (Å²) in [4.78, 5) is 58.9. The first kappa shape index (κ1) is 32.6. The van der Waals surface area contributed by atoms with Crippen LogP contribution in [0.25, 0.3) is 17.0 Å². The van der Waals surface area contributed by atoms with Crippen LogP contribution in [0.4, 0.5) is 0 Å². The summed E-state index contributed by atoms with van der Waals surface area (Å²) in [6.07, 6.45) is 5.22. The first-order chi connectivity index (χ1) is 21.3. The second kappa shape index (κ2) is 12.9. The Labute approximate surface area is 264 Å². The number of ether oxygens (including phenoxy) is 1. The minimum Gasteiger partial charge on any atom is -0.451 e. The number of aromatic nitrogens is 1. The van der Waals surface area contributed by atoms with Gasteiger partial charge in [-0.25, -0.2) is 5.43 Å². The molecule has 1 aromatic heterocycles. The Kier molecular flexibility index (Phi) is 9.32. The van der Waals surface area contributed by atoms with Crippen LogP contribution in [0.3, 0.4) is 0 Å². The second-order valence-corrected chi connectivity index (χ2v) is 13.5. The molecule has 5 rings (SSSR count). The van der Waals surface area contributed by atoms with Gasteiger partial charge in [-0.3, -0.25) is 29.2 Å². The predicted molar refractivity (Wildman–Crippen MR) is 169 cm³/mol. The molecule has 1 spiro atoms. The van der Waals surface area contributed by atoms with Crippen LogP contribution in [0, 0.1) is 11.3 Å². The van der Waals surface area contributed by atoms with Gasteiger partial charge in [-0.15, -0.1) is 0 Å². The van der Waals surface area contributed by atoms with Crippen molar-refractivity contribution < 1.29 is 29.0 Å². The molecule has 11 nitrogen and oxygen atoms in total. The van der Waals surface area contributed by atoms with Gasteiger partial charge in [-0.2, -0.15) is 0 Å². The highest BCUT2D eigenvalue weighted by molar-refractivity contribution is 5.92. The first-order valence-corrected chi connectivity index (χ1v) is 16.0. The number of hydrogen-bond donors (Lipinski definition) is 4. The molecule has 3 aliphatic rings. The largest absolute Gasteiger partial charge is 0.451 e. The quantitative estimate of drug-likeness (QED) is 0.355. The third-order valence-electron chi connectivity index (χ3n) is 9.36. The van der Waals surface area contributed by atoms with Gasteiger partial charge in [0.2, 0.25) is 5.91 Å². The number of carbonyl (C=O) groups is 4. The van der Waals surface area contributed by atoms with E-state index in [1.165, 1.54) is 5.01 Å². The standard InChI is InChI=1S/C34H45N5O6/c1-20(2)28-30(41)36-22(4)31(42)39-18-6-7-26(38-39)29(40)35-21(3)25-11-10-24-9-8-23(19-27(24)37-25)12-13-34(32(43)45-28)16-14-33(5,44)15-17-34/h8-13,19-22,26,28,38,44H,6-7,14-18H2,1-5H3,(H,35,40)(H,36,41)/b13-12-/t21-,22+,26+,28+,33?,34?/m1/s1. The van der Waals surface area contributed by atoms with Crippen LogP contribution in [0.2, 0.25) is 0 Å². The molecule has 1 saturated carbocycles. The second-order valence-electron chi connectivity index (χ2n) is 13.5. The van der Waals surface area contributed by atoms with Gasteiger partial charge in [-0.1, -0.05) is 44.2 Å². The lowest BCUT2D eigenvalue weighted by molar-refractivity contribution is -0.170. The van der Waals surface area contributed by atoms with Crippen molar-refractivity contribution in [3.63, 3.8) is 0 Å². The maximum atomic E-state index is 14.0. The maximum Gasteiger partial charge on any atom is 0.316 e. The van der Waals surface area contributed by atoms with Crippen LogP contribution in [-0.2, 0) is 23.9 Å². The molecule has 1 saturated heterocycles. The summed E-state index contributed by atoms with van der Waals surface area (Å²) in [7, 11) is 0. The number of hydrogen-bond acceptors (Lipinski definition) is 8. The molecule has 3 amide bonds. The molecule has 2 aromatic rings. The van der Waals surface area contributed by atoms with Crippen molar-refractivity contribution in [2.75, 3.05) is 6.54 Å². The van der Waals surface area contributed by atoms with E-state index >= 15 is 0 Å². The number of benzene rings is 1. The molecular formula is C34H45N5O6. The normalized spacial score (nSPS) is 32.7. The van der Waals surface area contributed by atoms with Crippen LogP contribution in [0.5, 0.6) is 0 Å². The smallest absolute Gasteiger partial charge is 0.316 e. The monoisotopic (exact) mass is 619 g/mol. The van der Waals surface area contributed by atoms with Gasteiger partial charge in [0.25, 0.3) is 11.8 Å². The molecule has 11 heteroatoms. The van der Waals surface area contributed by atoms with Gasteiger partial charge >= 0.3 is 5.97 Å². The summed E-state index contributed by atoms with van der Waals surface area (Å²) in [5, 5.41) is 18.8. The summed E-state index contributed by atoms with van der Waals surface area (Å²) in [6.45, 7) is 9.16. The van der Waals surface area contributed by atoms with Crippen molar-refractivity contribution in [2.24, 2.45) is 11.3 Å². The van der Waals surface area contributed by atoms with E-state index < -0.39 is 47.0 Å². The van der Waals surface area contributed by atoms with Gasteiger partial charge in [0, 0.05) is 11.9 Å². The van der Waals surface area contributed by atoms with E-state index in [1.54, 1.807) is 27.7 Å². The third kappa shape index (κ3) is 7.20. The molecule has 5 bridgehead atoms. The summed E-state index contributed by atoms with van der Waals surface area (Å²) in [5.74, 6) is -2.11. The van der Waals surface area contributed by atoms with Crippen LogP contribution in [0.1, 0.15) is 90.4 Å². The molecule has 4 N–H and O–H groups in total. The van der Waals surface area contributed by atoms with Crippen molar-refractivity contribution >= 4 is 40.7 Å². The fourth-order valence-corrected chi connectivity index (χ4v) is 6.26. The van der Waals surface area contributed by atoms with Crippen molar-refractivity contribution in [1.29, 1.82) is 0 Å². The molecule has 4 atom stereocenters. The highest BCUT2D eigenvalue weighted by Gasteiger charge is 2.46. The lowest BCUT2D eigenvalue weighted by Gasteiger charge is -2.40. The van der Waals surface area contributed by atoms with Crippen molar-refractivity contribution in [2.45, 2.75) is 103 Å². The first-order valence-electron chi connectivity index (χ1n) is 16.0. The van der Waals surface area contributed by atoms with Crippen LogP contribution >= 0.6 is 0 Å². The number of nitrogens with one attached hydrogen (secondary N) is 3. The Morgan fingerprint density at radius 3 is 2.38 bits per heavy atom. The van der Waals surface area contributed by atoms with Crippen LogP contribution in [-0.4, -0.2) is 69.1 Å². The van der Waals surface area contributed by atoms with E-state index in [9.17, 15) is 24.3 Å². The number of hydrazine groups is 1. The van der Waals surface area contributed by atoms with Crippen LogP contribution in [0.15, 0.2) is 36.4 Å². The zero-order valence-electron chi connectivity index (χ0n) is 26.8. The number of cyclic esters (lactones) is 1. The lowest BCUT2D eigenvalue weighted by atomic mass is 9.68. The Morgan fingerprint density at radius 2 is 1.67 bits per heavy atom. The number of aliphatic hydroxyl groups is 1. The number of carbonyl (C=O) groups excluding carboxylic acids is 4. The molecule has 1 aliphatic carbocycles. The summed E-state index contributed by atoms with van der Waals surface area (Å²) < 4.78 is 5.96. The van der Waals surface area contributed by atoms with Gasteiger partial charge < -0.3 is 20.5 Å². The average molecular weight is 620 g/mol. The van der Waals surface area contributed by atoms with E-state index in [-0.39, 0.29) is 17.9 Å². The zero-order valence-corrected chi connectivity index (χ0v) is 26.8. The van der Waals surface area contributed by atoms with Crippen LogP contribution < -0.4 is 16.1 Å². The number of nitrogens with zero attached hydrogens (tertiary/aromatic N) is 2. The van der Waals surface area contributed by atoms with E-state index in [1.807, 2.05) is 49.4 Å². The lowest BCUT2D eigenvalue weighted by Crippen LogP contribution is -2.61. The van der Waals surface area contributed by atoms with Crippen molar-refractivity contribution in [3.8, 4) is 0 Å². The SMILES string of the molecule is CC(C)[C@@H]1OC(=O)C2(/C=C\c3ccc4ccc(nc4c3)[C@@H](C)NC(=O)[C@@H]3CCCN(N3)C(=O)[C@H](C)NC1=O)CCC(C)(O)CC2. The predicted octanol–water partition coefficient (Wildman–Crippen LogP) is 3.32. The fourth-order valence-electron chi connectivity index (χ4n) is 6.26. The highest BCUT2D eigenvalue weighted by atomic mass is 16.5. The van der Waals surface area contributed by atoms with Gasteiger partial charge in [0.15, 0.2) is 6.10 Å². The molecule has 3 heterocycles. The van der Waals surface area contributed by atoms with E-state index in [4.69, 9.17) is 9.72 Å². The molecule has 2 aliphatic heterocycles. The number of fused-ring (bicyclic) bond motifs is 4. The molecule has 1 aromatic carbocycles. The Morgan fingerprint density at radius 1 is 0.978 bits per heavy atom. The van der Waals surface area contributed by atoms with E-state index in [0.29, 0.717) is 50.8 Å². The minimum atomic E-state index is -1.13. The molecule has 2 fully saturated rings.